The molecule has 0 aliphatic carbocycles. The number of halogens is 1. The zero-order valence-electron chi connectivity index (χ0n) is 7.63. The van der Waals surface area contributed by atoms with Crippen molar-refractivity contribution in [3.05, 3.63) is 40.5 Å². The summed E-state index contributed by atoms with van der Waals surface area (Å²) in [7, 11) is 0. The van der Waals surface area contributed by atoms with Crippen LogP contribution in [-0.2, 0) is 0 Å². The maximum atomic E-state index is 6.07. The maximum absolute atomic E-state index is 6.07. The Morgan fingerprint density at radius 2 is 2.00 bits per heavy atom. The van der Waals surface area contributed by atoms with Gasteiger partial charge in [-0.2, -0.15) is 0 Å². The molecule has 0 N–H and O–H groups in total. The third kappa shape index (κ3) is 1.40. The van der Waals surface area contributed by atoms with E-state index >= 15 is 0 Å². The predicted molar refractivity (Wildman–Crippen MR) is 56.2 cm³/mol. The van der Waals surface area contributed by atoms with Crippen LogP contribution in [0.1, 0.15) is 11.3 Å². The third-order valence-corrected chi connectivity index (χ3v) is 2.42. The van der Waals surface area contributed by atoms with Gasteiger partial charge in [0.1, 0.15) is 0 Å². The lowest BCUT2D eigenvalue weighted by Crippen LogP contribution is -1.87. The lowest BCUT2D eigenvalue weighted by atomic mass is 10.1. The van der Waals surface area contributed by atoms with E-state index in [1.807, 2.05) is 31.2 Å². The number of pyridine rings is 1. The summed E-state index contributed by atoms with van der Waals surface area (Å²) in [5.74, 6) is 0. The number of aromatic nitrogens is 1. The Labute approximate surface area is 82.4 Å². The van der Waals surface area contributed by atoms with Gasteiger partial charge in [0.15, 0.2) is 0 Å². The maximum Gasteiger partial charge on any atom is 0.0722 e. The van der Waals surface area contributed by atoms with Gasteiger partial charge in [-0.1, -0.05) is 17.7 Å². The number of benzene rings is 1. The molecule has 0 unspecified atom stereocenters. The van der Waals surface area contributed by atoms with Crippen molar-refractivity contribution < 1.29 is 0 Å². The zero-order chi connectivity index (χ0) is 9.42. The molecule has 1 aromatic carbocycles. The largest absolute Gasteiger partial charge is 0.253 e. The van der Waals surface area contributed by atoms with Gasteiger partial charge in [-0.3, -0.25) is 4.98 Å². The highest BCUT2D eigenvalue weighted by molar-refractivity contribution is 6.35. The molecule has 0 spiro atoms. The molecule has 0 aliphatic heterocycles. The van der Waals surface area contributed by atoms with E-state index in [1.54, 1.807) is 0 Å². The summed E-state index contributed by atoms with van der Waals surface area (Å²) in [6.07, 6.45) is 0. The Hall–Kier alpha value is -1.08. The van der Waals surface area contributed by atoms with Crippen molar-refractivity contribution in [1.82, 2.24) is 4.98 Å². The standard InChI is InChI=1S/C11H10ClN/c1-7-6-8(2)13-10-5-3-4-9(12)11(7)10/h3-6H,1-2H3. The van der Waals surface area contributed by atoms with Crippen LogP contribution < -0.4 is 0 Å². The van der Waals surface area contributed by atoms with E-state index in [-0.39, 0.29) is 0 Å². The number of nitrogens with zero attached hydrogens (tertiary/aromatic N) is 1. The van der Waals surface area contributed by atoms with Gasteiger partial charge in [-0.05, 0) is 37.6 Å². The van der Waals surface area contributed by atoms with Gasteiger partial charge in [0.05, 0.1) is 10.5 Å². The summed E-state index contributed by atoms with van der Waals surface area (Å²) in [5, 5.41) is 1.84. The van der Waals surface area contributed by atoms with Crippen LogP contribution in [0.25, 0.3) is 10.9 Å². The minimum atomic E-state index is 0.780. The lowest BCUT2D eigenvalue weighted by molar-refractivity contribution is 1.23. The van der Waals surface area contributed by atoms with Gasteiger partial charge >= 0.3 is 0 Å². The summed E-state index contributed by atoms with van der Waals surface area (Å²) in [6, 6.07) is 7.86. The van der Waals surface area contributed by atoms with Crippen molar-refractivity contribution in [2.45, 2.75) is 13.8 Å². The summed E-state index contributed by atoms with van der Waals surface area (Å²) < 4.78 is 0. The summed E-state index contributed by atoms with van der Waals surface area (Å²) >= 11 is 6.07. The first-order valence-electron chi connectivity index (χ1n) is 4.21. The molecule has 1 nitrogen and oxygen atoms in total. The minimum absolute atomic E-state index is 0.780. The average molecular weight is 192 g/mol. The first-order chi connectivity index (χ1) is 6.18. The van der Waals surface area contributed by atoms with Crippen molar-refractivity contribution in [1.29, 1.82) is 0 Å². The second kappa shape index (κ2) is 3.00. The Morgan fingerprint density at radius 3 is 2.77 bits per heavy atom. The molecule has 0 atom stereocenters. The molecular formula is C11H10ClN. The molecule has 1 heterocycles. The van der Waals surface area contributed by atoms with Gasteiger partial charge in [0, 0.05) is 11.1 Å². The number of rotatable bonds is 0. The van der Waals surface area contributed by atoms with Crippen LogP contribution in [0.3, 0.4) is 0 Å². The van der Waals surface area contributed by atoms with Crippen LogP contribution in [-0.4, -0.2) is 4.98 Å². The zero-order valence-corrected chi connectivity index (χ0v) is 8.39. The van der Waals surface area contributed by atoms with E-state index in [1.165, 1.54) is 5.56 Å². The Balaban J connectivity index is 2.94. The van der Waals surface area contributed by atoms with Crippen molar-refractivity contribution in [3.8, 4) is 0 Å². The summed E-state index contributed by atoms with van der Waals surface area (Å²) in [6.45, 7) is 4.05. The Bertz CT molecular complexity index is 463. The van der Waals surface area contributed by atoms with E-state index in [0.29, 0.717) is 0 Å². The van der Waals surface area contributed by atoms with Crippen LogP contribution in [0.5, 0.6) is 0 Å². The molecule has 2 heteroatoms. The van der Waals surface area contributed by atoms with Gasteiger partial charge in [-0.25, -0.2) is 0 Å². The van der Waals surface area contributed by atoms with Gasteiger partial charge in [0.25, 0.3) is 0 Å². The van der Waals surface area contributed by atoms with E-state index in [0.717, 1.165) is 21.6 Å². The number of hydrogen-bond acceptors (Lipinski definition) is 1. The SMILES string of the molecule is Cc1cc(C)c2c(Cl)cccc2n1. The van der Waals surface area contributed by atoms with Crippen LogP contribution >= 0.6 is 11.6 Å². The monoisotopic (exact) mass is 191 g/mol. The van der Waals surface area contributed by atoms with E-state index in [4.69, 9.17) is 11.6 Å². The highest BCUT2D eigenvalue weighted by Gasteiger charge is 2.03. The molecule has 2 rings (SSSR count). The molecule has 0 fully saturated rings. The van der Waals surface area contributed by atoms with Gasteiger partial charge in [0.2, 0.25) is 0 Å². The van der Waals surface area contributed by atoms with Crippen molar-refractivity contribution in [3.63, 3.8) is 0 Å². The molecule has 0 bridgehead atoms. The molecule has 1 aromatic heterocycles. The predicted octanol–water partition coefficient (Wildman–Crippen LogP) is 3.51. The quantitative estimate of drug-likeness (QED) is 0.621. The summed E-state index contributed by atoms with van der Waals surface area (Å²) in [4.78, 5) is 4.41. The van der Waals surface area contributed by atoms with Crippen molar-refractivity contribution in [2.75, 3.05) is 0 Å². The van der Waals surface area contributed by atoms with Crippen LogP contribution in [0, 0.1) is 13.8 Å². The van der Waals surface area contributed by atoms with Gasteiger partial charge in [-0.15, -0.1) is 0 Å². The first kappa shape index (κ1) is 8.52. The minimum Gasteiger partial charge on any atom is -0.253 e. The molecule has 2 aromatic rings. The van der Waals surface area contributed by atoms with Crippen molar-refractivity contribution in [2.24, 2.45) is 0 Å². The second-order valence-corrected chi connectivity index (χ2v) is 3.62. The third-order valence-electron chi connectivity index (χ3n) is 2.11. The molecule has 0 saturated carbocycles. The number of aryl methyl sites for hydroxylation is 2. The fourth-order valence-electron chi connectivity index (χ4n) is 1.60. The average Bonchev–Trinajstić information content (AvgIpc) is 2.02. The summed E-state index contributed by atoms with van der Waals surface area (Å²) in [5.41, 5.74) is 3.20. The van der Waals surface area contributed by atoms with Crippen molar-refractivity contribution >= 4 is 22.5 Å². The van der Waals surface area contributed by atoms with E-state index in [9.17, 15) is 0 Å². The van der Waals surface area contributed by atoms with Crippen LogP contribution in [0.4, 0.5) is 0 Å². The Morgan fingerprint density at radius 1 is 1.23 bits per heavy atom. The highest BCUT2D eigenvalue weighted by Crippen LogP contribution is 2.25. The number of fused-ring (bicyclic) bond motifs is 1. The lowest BCUT2D eigenvalue weighted by Gasteiger charge is -2.04. The molecule has 0 aliphatic rings. The molecule has 0 radical (unpaired) electrons. The van der Waals surface area contributed by atoms with Crippen LogP contribution in [0.15, 0.2) is 24.3 Å². The Kier molecular flexibility index (Phi) is 1.97. The fraction of sp³-hybridized carbons (Fsp3) is 0.182. The normalized spacial score (nSPS) is 10.7. The molecule has 13 heavy (non-hydrogen) atoms. The molecule has 0 amide bonds. The highest BCUT2D eigenvalue weighted by atomic mass is 35.5. The molecular weight excluding hydrogens is 182 g/mol. The molecule has 66 valence electrons. The van der Waals surface area contributed by atoms with E-state index in [2.05, 4.69) is 11.9 Å². The smallest absolute Gasteiger partial charge is 0.0722 e. The van der Waals surface area contributed by atoms with Gasteiger partial charge < -0.3 is 0 Å². The first-order valence-corrected chi connectivity index (χ1v) is 4.59. The topological polar surface area (TPSA) is 12.9 Å². The fourth-order valence-corrected chi connectivity index (χ4v) is 1.92. The van der Waals surface area contributed by atoms with Crippen LogP contribution in [0.2, 0.25) is 5.02 Å². The number of hydrogen-bond donors (Lipinski definition) is 0. The second-order valence-electron chi connectivity index (χ2n) is 3.21. The van der Waals surface area contributed by atoms with E-state index < -0.39 is 0 Å². The molecule has 0 saturated heterocycles.